The second kappa shape index (κ2) is 12.8. The minimum atomic E-state index is 0.111. The van der Waals surface area contributed by atoms with E-state index < -0.39 is 0 Å². The van der Waals surface area contributed by atoms with Crippen molar-refractivity contribution in [1.29, 1.82) is 0 Å². The van der Waals surface area contributed by atoms with E-state index in [4.69, 9.17) is 5.73 Å². The van der Waals surface area contributed by atoms with Gasteiger partial charge in [0.25, 0.3) is 0 Å². The highest BCUT2D eigenvalue weighted by Gasteiger charge is 2.22. The number of hydrogen-bond acceptors (Lipinski definition) is 3. The molecule has 0 radical (unpaired) electrons. The first-order chi connectivity index (χ1) is 10.8. The van der Waals surface area contributed by atoms with E-state index in [9.17, 15) is 0 Å². The molecule has 0 aromatic carbocycles. The summed E-state index contributed by atoms with van der Waals surface area (Å²) in [6, 6.07) is 0. The molecule has 2 unspecified atom stereocenters. The van der Waals surface area contributed by atoms with Gasteiger partial charge in [0.2, 0.25) is 0 Å². The number of unbranched alkanes of at least 4 members (excludes halogenated alkanes) is 8. The number of hydrogen-bond donors (Lipinski definition) is 1. The van der Waals surface area contributed by atoms with Gasteiger partial charge in [-0.2, -0.15) is 0 Å². The highest BCUT2D eigenvalue weighted by molar-refractivity contribution is 5.62. The standard InChI is InChI=1S/C19H37N3/c1-3-4-5-6-7-8-9-10-11-12-13-14-15-19-21-16-17-22(19)18(2)20/h11-12,16,18-19H,3-10,13-15,17,20H2,1-2H3/b12-11+. The zero-order chi connectivity index (χ0) is 16.0. The van der Waals surface area contributed by atoms with Crippen molar-refractivity contribution in [2.75, 3.05) is 6.54 Å². The van der Waals surface area contributed by atoms with E-state index >= 15 is 0 Å². The molecule has 0 saturated carbocycles. The summed E-state index contributed by atoms with van der Waals surface area (Å²) in [5.41, 5.74) is 5.96. The van der Waals surface area contributed by atoms with Crippen LogP contribution in [0.5, 0.6) is 0 Å². The zero-order valence-electron chi connectivity index (χ0n) is 14.8. The van der Waals surface area contributed by atoms with Crippen molar-refractivity contribution in [1.82, 2.24) is 4.90 Å². The van der Waals surface area contributed by atoms with Crippen LogP contribution in [-0.2, 0) is 0 Å². The van der Waals surface area contributed by atoms with Crippen LogP contribution < -0.4 is 5.73 Å². The van der Waals surface area contributed by atoms with E-state index in [-0.39, 0.29) is 6.17 Å². The normalized spacial score (nSPS) is 20.2. The summed E-state index contributed by atoms with van der Waals surface area (Å²) in [5.74, 6) is 0. The van der Waals surface area contributed by atoms with Gasteiger partial charge in [-0.1, -0.05) is 57.6 Å². The third kappa shape index (κ3) is 8.70. The number of rotatable bonds is 13. The molecule has 1 aliphatic heterocycles. The van der Waals surface area contributed by atoms with Gasteiger partial charge in [0.05, 0.1) is 6.17 Å². The van der Waals surface area contributed by atoms with Crippen LogP contribution in [0.4, 0.5) is 0 Å². The Labute approximate surface area is 138 Å². The average Bonchev–Trinajstić information content (AvgIpc) is 2.97. The van der Waals surface area contributed by atoms with Crippen LogP contribution in [0.15, 0.2) is 17.1 Å². The van der Waals surface area contributed by atoms with Crippen LogP contribution in [0.25, 0.3) is 0 Å². The van der Waals surface area contributed by atoms with E-state index in [1.165, 1.54) is 64.2 Å². The van der Waals surface area contributed by atoms with Gasteiger partial charge in [0, 0.05) is 12.8 Å². The Hall–Kier alpha value is -0.670. The fourth-order valence-electron chi connectivity index (χ4n) is 3.02. The molecule has 2 atom stereocenters. The Kier molecular flexibility index (Phi) is 11.3. The molecule has 1 rings (SSSR count). The molecule has 2 N–H and O–H groups in total. The molecule has 0 spiro atoms. The maximum absolute atomic E-state index is 5.96. The van der Waals surface area contributed by atoms with Crippen molar-refractivity contribution in [3.8, 4) is 0 Å². The van der Waals surface area contributed by atoms with Gasteiger partial charge in [-0.3, -0.25) is 9.89 Å². The Balaban J connectivity index is 1.91. The number of nitrogens with two attached hydrogens (primary N) is 1. The molecule has 0 aliphatic carbocycles. The van der Waals surface area contributed by atoms with Crippen molar-refractivity contribution in [3.63, 3.8) is 0 Å². The first-order valence-corrected chi connectivity index (χ1v) is 9.43. The first-order valence-electron chi connectivity index (χ1n) is 9.43. The van der Waals surface area contributed by atoms with Crippen molar-refractivity contribution in [3.05, 3.63) is 12.2 Å². The Bertz CT molecular complexity index is 310. The fourth-order valence-corrected chi connectivity index (χ4v) is 3.02. The smallest absolute Gasteiger partial charge is 0.103 e. The maximum atomic E-state index is 5.96. The summed E-state index contributed by atoms with van der Waals surface area (Å²) < 4.78 is 0. The molecule has 0 aromatic rings. The molecular weight excluding hydrogens is 270 g/mol. The molecule has 0 amide bonds. The highest BCUT2D eigenvalue weighted by atomic mass is 15.3. The lowest BCUT2D eigenvalue weighted by Gasteiger charge is -2.26. The van der Waals surface area contributed by atoms with Gasteiger partial charge in [-0.05, 0) is 39.0 Å². The fraction of sp³-hybridized carbons (Fsp3) is 0.842. The predicted octanol–water partition coefficient (Wildman–Crippen LogP) is 4.87. The molecule has 3 nitrogen and oxygen atoms in total. The average molecular weight is 308 g/mol. The Morgan fingerprint density at radius 1 is 1.09 bits per heavy atom. The van der Waals surface area contributed by atoms with Crippen molar-refractivity contribution in [2.45, 2.75) is 96.8 Å². The molecule has 0 saturated heterocycles. The Morgan fingerprint density at radius 3 is 2.41 bits per heavy atom. The monoisotopic (exact) mass is 307 g/mol. The third-order valence-electron chi connectivity index (χ3n) is 4.45. The van der Waals surface area contributed by atoms with Crippen molar-refractivity contribution >= 4 is 6.21 Å². The van der Waals surface area contributed by atoms with Crippen LogP contribution in [0.3, 0.4) is 0 Å². The zero-order valence-corrected chi connectivity index (χ0v) is 14.8. The van der Waals surface area contributed by atoms with Crippen molar-refractivity contribution < 1.29 is 0 Å². The summed E-state index contributed by atoms with van der Waals surface area (Å²) in [5, 5.41) is 0. The van der Waals surface area contributed by atoms with Crippen LogP contribution in [0, 0.1) is 0 Å². The second-order valence-corrected chi connectivity index (χ2v) is 6.56. The van der Waals surface area contributed by atoms with E-state index in [0.717, 1.165) is 13.0 Å². The topological polar surface area (TPSA) is 41.6 Å². The number of allylic oxidation sites excluding steroid dienone is 2. The summed E-state index contributed by atoms with van der Waals surface area (Å²) in [7, 11) is 0. The third-order valence-corrected chi connectivity index (χ3v) is 4.45. The minimum absolute atomic E-state index is 0.111. The van der Waals surface area contributed by atoms with Gasteiger partial charge in [0.1, 0.15) is 6.17 Å². The van der Waals surface area contributed by atoms with E-state index in [1.54, 1.807) is 0 Å². The van der Waals surface area contributed by atoms with Crippen molar-refractivity contribution in [2.24, 2.45) is 10.7 Å². The minimum Gasteiger partial charge on any atom is -0.316 e. The lowest BCUT2D eigenvalue weighted by Crippen LogP contribution is -2.43. The largest absolute Gasteiger partial charge is 0.316 e. The number of aliphatic imine (C=N–C) groups is 1. The number of nitrogens with zero attached hydrogens (tertiary/aromatic N) is 2. The van der Waals surface area contributed by atoms with E-state index in [0.29, 0.717) is 6.17 Å². The summed E-state index contributed by atoms with van der Waals surface area (Å²) in [6.07, 6.45) is 21.7. The van der Waals surface area contributed by atoms with Crippen LogP contribution in [-0.4, -0.2) is 30.0 Å². The second-order valence-electron chi connectivity index (χ2n) is 6.56. The van der Waals surface area contributed by atoms with Crippen LogP contribution >= 0.6 is 0 Å². The summed E-state index contributed by atoms with van der Waals surface area (Å²) in [4.78, 5) is 6.79. The molecule has 0 bridgehead atoms. The molecule has 1 heterocycles. The summed E-state index contributed by atoms with van der Waals surface area (Å²) in [6.45, 7) is 5.23. The predicted molar refractivity (Wildman–Crippen MR) is 98.2 cm³/mol. The van der Waals surface area contributed by atoms with Crippen LogP contribution in [0.1, 0.15) is 84.5 Å². The van der Waals surface area contributed by atoms with E-state index in [1.807, 2.05) is 13.1 Å². The van der Waals surface area contributed by atoms with Gasteiger partial charge in [-0.25, -0.2) is 0 Å². The Morgan fingerprint density at radius 2 is 1.73 bits per heavy atom. The van der Waals surface area contributed by atoms with Gasteiger partial charge in [-0.15, -0.1) is 0 Å². The first kappa shape index (κ1) is 19.4. The molecular formula is C19H37N3. The molecule has 128 valence electrons. The molecule has 3 heteroatoms. The molecule has 0 fully saturated rings. The highest BCUT2D eigenvalue weighted by Crippen LogP contribution is 2.15. The van der Waals surface area contributed by atoms with E-state index in [2.05, 4.69) is 29.0 Å². The molecule has 22 heavy (non-hydrogen) atoms. The van der Waals surface area contributed by atoms with Crippen LogP contribution in [0.2, 0.25) is 0 Å². The van der Waals surface area contributed by atoms with Gasteiger partial charge >= 0.3 is 0 Å². The molecule has 0 aromatic heterocycles. The van der Waals surface area contributed by atoms with Gasteiger partial charge < -0.3 is 5.73 Å². The van der Waals surface area contributed by atoms with Gasteiger partial charge in [0.15, 0.2) is 0 Å². The quantitative estimate of drug-likeness (QED) is 0.389. The molecule has 1 aliphatic rings. The summed E-state index contributed by atoms with van der Waals surface area (Å²) >= 11 is 0. The SMILES string of the molecule is CCCCCCCCC/C=C/CCCC1N=CCN1C(C)N. The lowest BCUT2D eigenvalue weighted by atomic mass is 10.1. The lowest BCUT2D eigenvalue weighted by molar-refractivity contribution is 0.183. The maximum Gasteiger partial charge on any atom is 0.103 e.